The molecular weight excluding hydrogens is 328 g/mol. The zero-order valence-electron chi connectivity index (χ0n) is 12.7. The highest BCUT2D eigenvalue weighted by Gasteiger charge is 2.05. The van der Waals surface area contributed by atoms with Crippen LogP contribution in [0.3, 0.4) is 0 Å². The van der Waals surface area contributed by atoms with Gasteiger partial charge < -0.3 is 10.2 Å². The smallest absolute Gasteiger partial charge is 0.147 e. The third-order valence-electron chi connectivity index (χ3n) is 3.08. The highest BCUT2D eigenvalue weighted by Crippen LogP contribution is 2.15. The maximum absolute atomic E-state index is 4.49. The first-order chi connectivity index (χ1) is 10.0. The Morgan fingerprint density at radius 1 is 1.24 bits per heavy atom. The minimum Gasteiger partial charge on any atom is -0.354 e. The summed E-state index contributed by atoms with van der Waals surface area (Å²) in [4.78, 5) is 11.0. The molecule has 0 fully saturated rings. The average molecular weight is 349 g/mol. The van der Waals surface area contributed by atoms with Crippen molar-refractivity contribution in [1.29, 1.82) is 0 Å². The van der Waals surface area contributed by atoms with Crippen LogP contribution in [0.5, 0.6) is 0 Å². The van der Waals surface area contributed by atoms with E-state index >= 15 is 0 Å². The van der Waals surface area contributed by atoms with Gasteiger partial charge in [-0.15, -0.1) is 0 Å². The lowest BCUT2D eigenvalue weighted by molar-refractivity contribution is 0.580. The van der Waals surface area contributed by atoms with E-state index in [1.54, 1.807) is 0 Å². The normalized spacial score (nSPS) is 10.9. The molecule has 0 radical (unpaired) electrons. The zero-order chi connectivity index (χ0) is 15.2. The number of nitrogens with one attached hydrogen (secondary N) is 1. The summed E-state index contributed by atoms with van der Waals surface area (Å²) in [5.41, 5.74) is 2.20. The number of hydrogen-bond acceptors (Lipinski definition) is 4. The van der Waals surface area contributed by atoms with E-state index in [0.29, 0.717) is 6.04 Å². The molecule has 1 aromatic carbocycles. The SMILES string of the molecule is CC(C)NCc1cnc(N(C)Cc2cccc(Br)c2)cn1. The molecule has 0 saturated carbocycles. The van der Waals surface area contributed by atoms with Crippen molar-refractivity contribution in [3.63, 3.8) is 0 Å². The number of rotatable bonds is 6. The molecule has 0 amide bonds. The summed E-state index contributed by atoms with van der Waals surface area (Å²) in [6.45, 7) is 5.79. The van der Waals surface area contributed by atoms with Crippen LogP contribution in [0.1, 0.15) is 25.1 Å². The van der Waals surface area contributed by atoms with Gasteiger partial charge in [0.05, 0.1) is 18.1 Å². The Labute approximate surface area is 134 Å². The lowest BCUT2D eigenvalue weighted by atomic mass is 10.2. The fourth-order valence-electron chi connectivity index (χ4n) is 1.94. The standard InChI is InChI=1S/C16H21BrN4/c1-12(2)18-8-15-9-20-16(10-19-15)21(3)11-13-5-4-6-14(17)7-13/h4-7,9-10,12,18H,8,11H2,1-3H3. The molecule has 0 unspecified atom stereocenters. The molecule has 5 heteroatoms. The lowest BCUT2D eigenvalue weighted by Gasteiger charge is -2.18. The molecular formula is C16H21BrN4. The Bertz CT molecular complexity index is 569. The van der Waals surface area contributed by atoms with Crippen molar-refractivity contribution < 1.29 is 0 Å². The van der Waals surface area contributed by atoms with E-state index in [4.69, 9.17) is 0 Å². The van der Waals surface area contributed by atoms with E-state index in [0.717, 1.165) is 29.1 Å². The summed E-state index contributed by atoms with van der Waals surface area (Å²) >= 11 is 3.49. The van der Waals surface area contributed by atoms with E-state index < -0.39 is 0 Å². The molecule has 1 aromatic heterocycles. The van der Waals surface area contributed by atoms with Crippen LogP contribution in [0.2, 0.25) is 0 Å². The third-order valence-corrected chi connectivity index (χ3v) is 3.58. The van der Waals surface area contributed by atoms with Crippen LogP contribution in [0.15, 0.2) is 41.1 Å². The number of nitrogens with zero attached hydrogens (tertiary/aromatic N) is 3. The summed E-state index contributed by atoms with van der Waals surface area (Å²) in [5, 5.41) is 3.34. The molecule has 2 rings (SSSR count). The first kappa shape index (κ1) is 15.9. The van der Waals surface area contributed by atoms with Crippen molar-refractivity contribution in [1.82, 2.24) is 15.3 Å². The predicted octanol–water partition coefficient (Wildman–Crippen LogP) is 3.37. The average Bonchev–Trinajstić information content (AvgIpc) is 2.45. The Morgan fingerprint density at radius 2 is 2.05 bits per heavy atom. The van der Waals surface area contributed by atoms with Crippen LogP contribution in [-0.4, -0.2) is 23.1 Å². The minimum absolute atomic E-state index is 0.450. The summed E-state index contributed by atoms with van der Waals surface area (Å²) in [6, 6.07) is 8.74. The Hall–Kier alpha value is -1.46. The Morgan fingerprint density at radius 3 is 2.67 bits per heavy atom. The molecule has 1 N–H and O–H groups in total. The quantitative estimate of drug-likeness (QED) is 0.868. The Kier molecular flexibility index (Phi) is 5.70. The highest BCUT2D eigenvalue weighted by molar-refractivity contribution is 9.10. The fraction of sp³-hybridized carbons (Fsp3) is 0.375. The van der Waals surface area contributed by atoms with E-state index in [1.807, 2.05) is 31.6 Å². The summed E-state index contributed by atoms with van der Waals surface area (Å²) in [5.74, 6) is 0.878. The van der Waals surface area contributed by atoms with Crippen LogP contribution < -0.4 is 10.2 Å². The van der Waals surface area contributed by atoms with Gasteiger partial charge in [0.25, 0.3) is 0 Å². The Balaban J connectivity index is 1.97. The monoisotopic (exact) mass is 348 g/mol. The van der Waals surface area contributed by atoms with E-state index in [2.05, 4.69) is 62.1 Å². The van der Waals surface area contributed by atoms with Gasteiger partial charge in [-0.2, -0.15) is 0 Å². The van der Waals surface area contributed by atoms with Gasteiger partial charge in [0.15, 0.2) is 0 Å². The largest absolute Gasteiger partial charge is 0.354 e. The van der Waals surface area contributed by atoms with Crippen molar-refractivity contribution in [2.45, 2.75) is 33.0 Å². The molecule has 0 saturated heterocycles. The van der Waals surface area contributed by atoms with Crippen molar-refractivity contribution >= 4 is 21.7 Å². The van der Waals surface area contributed by atoms with Crippen LogP contribution in [0, 0.1) is 0 Å². The zero-order valence-corrected chi connectivity index (χ0v) is 14.3. The maximum Gasteiger partial charge on any atom is 0.147 e. The molecule has 0 aliphatic rings. The minimum atomic E-state index is 0.450. The molecule has 112 valence electrons. The molecule has 4 nitrogen and oxygen atoms in total. The van der Waals surface area contributed by atoms with Crippen LogP contribution in [0.4, 0.5) is 5.82 Å². The van der Waals surface area contributed by atoms with Gasteiger partial charge in [0.2, 0.25) is 0 Å². The van der Waals surface area contributed by atoms with Crippen LogP contribution in [0.25, 0.3) is 0 Å². The molecule has 1 heterocycles. The summed E-state index contributed by atoms with van der Waals surface area (Å²) in [6.07, 6.45) is 3.66. The molecule has 0 aliphatic carbocycles. The van der Waals surface area contributed by atoms with Gasteiger partial charge in [-0.3, -0.25) is 4.98 Å². The maximum atomic E-state index is 4.49. The van der Waals surface area contributed by atoms with Gasteiger partial charge in [-0.1, -0.05) is 41.9 Å². The van der Waals surface area contributed by atoms with E-state index in [9.17, 15) is 0 Å². The van der Waals surface area contributed by atoms with Gasteiger partial charge in [0.1, 0.15) is 5.82 Å². The van der Waals surface area contributed by atoms with Gasteiger partial charge in [0, 0.05) is 30.7 Å². The van der Waals surface area contributed by atoms with Gasteiger partial charge >= 0.3 is 0 Å². The van der Waals surface area contributed by atoms with Crippen LogP contribution in [-0.2, 0) is 13.1 Å². The summed E-state index contributed by atoms with van der Waals surface area (Å²) in [7, 11) is 2.02. The molecule has 0 bridgehead atoms. The fourth-order valence-corrected chi connectivity index (χ4v) is 2.38. The van der Waals surface area contributed by atoms with E-state index in [1.165, 1.54) is 5.56 Å². The van der Waals surface area contributed by atoms with Crippen molar-refractivity contribution in [2.75, 3.05) is 11.9 Å². The first-order valence-corrected chi connectivity index (χ1v) is 7.84. The lowest BCUT2D eigenvalue weighted by Crippen LogP contribution is -2.23. The van der Waals surface area contributed by atoms with Crippen molar-refractivity contribution in [3.05, 3.63) is 52.4 Å². The topological polar surface area (TPSA) is 41.1 Å². The van der Waals surface area contributed by atoms with Gasteiger partial charge in [-0.05, 0) is 17.7 Å². The predicted molar refractivity (Wildman–Crippen MR) is 90.3 cm³/mol. The number of aromatic nitrogens is 2. The van der Waals surface area contributed by atoms with E-state index in [-0.39, 0.29) is 0 Å². The molecule has 0 atom stereocenters. The second-order valence-electron chi connectivity index (χ2n) is 5.39. The highest BCUT2D eigenvalue weighted by atomic mass is 79.9. The third kappa shape index (κ3) is 5.10. The van der Waals surface area contributed by atoms with Crippen molar-refractivity contribution in [3.8, 4) is 0 Å². The molecule has 2 aromatic rings. The number of halogens is 1. The van der Waals surface area contributed by atoms with Gasteiger partial charge in [-0.25, -0.2) is 4.98 Å². The number of hydrogen-bond donors (Lipinski definition) is 1. The molecule has 0 spiro atoms. The number of benzene rings is 1. The second kappa shape index (κ2) is 7.52. The van der Waals surface area contributed by atoms with Crippen molar-refractivity contribution in [2.24, 2.45) is 0 Å². The summed E-state index contributed by atoms with van der Waals surface area (Å²) < 4.78 is 1.09. The second-order valence-corrected chi connectivity index (χ2v) is 6.30. The number of anilines is 1. The first-order valence-electron chi connectivity index (χ1n) is 7.04. The van der Waals surface area contributed by atoms with Crippen LogP contribution >= 0.6 is 15.9 Å². The molecule has 21 heavy (non-hydrogen) atoms. The molecule has 0 aliphatic heterocycles.